The van der Waals surface area contributed by atoms with Crippen LogP contribution >= 0.6 is 0 Å². The molecule has 0 radical (unpaired) electrons. The third kappa shape index (κ3) is 2.52. The topological polar surface area (TPSA) is 52.6 Å². The van der Waals surface area contributed by atoms with Crippen molar-refractivity contribution < 1.29 is 14.3 Å². The SMILES string of the molecule is CC1CCNC(CO)C(=O)N1c1cccc(F)c1. The molecule has 1 aromatic rings. The third-order valence-corrected chi connectivity index (χ3v) is 3.20. The average Bonchev–Trinajstić information content (AvgIpc) is 2.48. The highest BCUT2D eigenvalue weighted by Crippen LogP contribution is 2.22. The molecule has 4 nitrogen and oxygen atoms in total. The van der Waals surface area contributed by atoms with Crippen LogP contribution in [0.3, 0.4) is 0 Å². The van der Waals surface area contributed by atoms with E-state index in [1.54, 1.807) is 17.0 Å². The molecule has 98 valence electrons. The van der Waals surface area contributed by atoms with E-state index in [0.29, 0.717) is 12.2 Å². The van der Waals surface area contributed by atoms with Gasteiger partial charge in [-0.3, -0.25) is 4.79 Å². The summed E-state index contributed by atoms with van der Waals surface area (Å²) in [6, 6.07) is 5.34. The summed E-state index contributed by atoms with van der Waals surface area (Å²) in [5.41, 5.74) is 0.537. The van der Waals surface area contributed by atoms with E-state index in [4.69, 9.17) is 0 Å². The molecule has 0 spiro atoms. The number of hydrogen-bond acceptors (Lipinski definition) is 3. The summed E-state index contributed by atoms with van der Waals surface area (Å²) in [6.45, 7) is 2.32. The van der Waals surface area contributed by atoms with E-state index in [2.05, 4.69) is 5.32 Å². The predicted octanol–water partition coefficient (Wildman–Crippen LogP) is 0.901. The zero-order valence-corrected chi connectivity index (χ0v) is 10.3. The number of rotatable bonds is 2. The first-order valence-electron chi connectivity index (χ1n) is 6.06. The van der Waals surface area contributed by atoms with Crippen molar-refractivity contribution in [1.29, 1.82) is 0 Å². The number of nitrogens with one attached hydrogen (secondary N) is 1. The molecule has 1 saturated heterocycles. The lowest BCUT2D eigenvalue weighted by molar-refractivity contribution is -0.121. The lowest BCUT2D eigenvalue weighted by Gasteiger charge is -2.28. The third-order valence-electron chi connectivity index (χ3n) is 3.20. The van der Waals surface area contributed by atoms with Gasteiger partial charge >= 0.3 is 0 Å². The molecule has 1 amide bonds. The Hall–Kier alpha value is -1.46. The Balaban J connectivity index is 2.34. The molecule has 1 fully saturated rings. The molecule has 2 unspecified atom stereocenters. The molecule has 1 aliphatic heterocycles. The molecule has 2 atom stereocenters. The fraction of sp³-hybridized carbons (Fsp3) is 0.462. The van der Waals surface area contributed by atoms with Gasteiger partial charge < -0.3 is 15.3 Å². The Bertz CT molecular complexity index is 439. The van der Waals surface area contributed by atoms with Crippen LogP contribution in [-0.4, -0.2) is 36.2 Å². The van der Waals surface area contributed by atoms with E-state index in [1.165, 1.54) is 12.1 Å². The Morgan fingerprint density at radius 2 is 2.33 bits per heavy atom. The van der Waals surface area contributed by atoms with Gasteiger partial charge in [-0.25, -0.2) is 4.39 Å². The minimum absolute atomic E-state index is 0.0247. The van der Waals surface area contributed by atoms with Gasteiger partial charge in [0, 0.05) is 11.7 Å². The van der Waals surface area contributed by atoms with Crippen molar-refractivity contribution in [3.8, 4) is 0 Å². The first kappa shape index (κ1) is 13.0. The number of aliphatic hydroxyl groups excluding tert-OH is 1. The number of aliphatic hydroxyl groups is 1. The van der Waals surface area contributed by atoms with Gasteiger partial charge in [-0.1, -0.05) is 6.07 Å². The van der Waals surface area contributed by atoms with Crippen LogP contribution < -0.4 is 10.2 Å². The summed E-state index contributed by atoms with van der Waals surface area (Å²) in [6.07, 6.45) is 0.763. The number of nitrogens with zero attached hydrogens (tertiary/aromatic N) is 1. The predicted molar refractivity (Wildman–Crippen MR) is 66.8 cm³/mol. The molecule has 1 heterocycles. The maximum Gasteiger partial charge on any atom is 0.246 e. The second kappa shape index (κ2) is 5.46. The molecule has 18 heavy (non-hydrogen) atoms. The fourth-order valence-corrected chi connectivity index (χ4v) is 2.22. The average molecular weight is 252 g/mol. The summed E-state index contributed by atoms with van der Waals surface area (Å²) in [4.78, 5) is 13.8. The molecule has 2 N–H and O–H groups in total. The van der Waals surface area contributed by atoms with Gasteiger partial charge in [-0.2, -0.15) is 0 Å². The molecule has 1 aromatic carbocycles. The molecule has 0 saturated carbocycles. The molecular weight excluding hydrogens is 235 g/mol. The van der Waals surface area contributed by atoms with Crippen molar-refractivity contribution in [3.63, 3.8) is 0 Å². The van der Waals surface area contributed by atoms with Crippen molar-refractivity contribution in [2.45, 2.75) is 25.4 Å². The molecule has 0 bridgehead atoms. The van der Waals surface area contributed by atoms with E-state index in [0.717, 1.165) is 6.42 Å². The molecule has 0 aromatic heterocycles. The first-order valence-corrected chi connectivity index (χ1v) is 6.06. The second-order valence-electron chi connectivity index (χ2n) is 4.52. The molecule has 0 aliphatic carbocycles. The molecule has 1 aliphatic rings. The number of benzene rings is 1. The summed E-state index contributed by atoms with van der Waals surface area (Å²) in [7, 11) is 0. The van der Waals surface area contributed by atoms with Crippen LogP contribution in [0.15, 0.2) is 24.3 Å². The van der Waals surface area contributed by atoms with E-state index >= 15 is 0 Å². The lowest BCUT2D eigenvalue weighted by atomic mass is 10.1. The lowest BCUT2D eigenvalue weighted by Crippen LogP contribution is -2.48. The van der Waals surface area contributed by atoms with E-state index < -0.39 is 6.04 Å². The maximum atomic E-state index is 13.3. The molecule has 5 heteroatoms. The van der Waals surface area contributed by atoms with Crippen molar-refractivity contribution >= 4 is 11.6 Å². The zero-order valence-electron chi connectivity index (χ0n) is 10.3. The van der Waals surface area contributed by atoms with Gasteiger partial charge in [0.15, 0.2) is 0 Å². The van der Waals surface area contributed by atoms with Crippen molar-refractivity contribution in [1.82, 2.24) is 5.32 Å². The maximum absolute atomic E-state index is 13.3. The summed E-state index contributed by atoms with van der Waals surface area (Å²) < 4.78 is 13.3. The smallest absolute Gasteiger partial charge is 0.246 e. The van der Waals surface area contributed by atoms with E-state index in [9.17, 15) is 14.3 Å². The van der Waals surface area contributed by atoms with Gasteiger partial charge in [-0.15, -0.1) is 0 Å². The normalized spacial score (nSPS) is 25.1. The Kier molecular flexibility index (Phi) is 3.93. The highest BCUT2D eigenvalue weighted by atomic mass is 19.1. The quantitative estimate of drug-likeness (QED) is 0.822. The van der Waals surface area contributed by atoms with Crippen LogP contribution in [0.1, 0.15) is 13.3 Å². The fourth-order valence-electron chi connectivity index (χ4n) is 2.22. The van der Waals surface area contributed by atoms with Crippen LogP contribution in [-0.2, 0) is 4.79 Å². The van der Waals surface area contributed by atoms with Crippen LogP contribution in [0.25, 0.3) is 0 Å². The Morgan fingerprint density at radius 3 is 3.00 bits per heavy atom. The van der Waals surface area contributed by atoms with Crippen molar-refractivity contribution in [3.05, 3.63) is 30.1 Å². The minimum Gasteiger partial charge on any atom is -0.394 e. The minimum atomic E-state index is -0.613. The zero-order chi connectivity index (χ0) is 13.1. The highest BCUT2D eigenvalue weighted by Gasteiger charge is 2.31. The van der Waals surface area contributed by atoms with Gasteiger partial charge in [0.1, 0.15) is 11.9 Å². The first-order chi connectivity index (χ1) is 8.63. The number of carbonyl (C=O) groups excluding carboxylic acids is 1. The summed E-state index contributed by atoms with van der Waals surface area (Å²) in [5, 5.41) is 12.2. The number of carbonyl (C=O) groups is 1. The van der Waals surface area contributed by atoms with Gasteiger partial charge in [0.25, 0.3) is 0 Å². The van der Waals surface area contributed by atoms with Crippen molar-refractivity contribution in [2.24, 2.45) is 0 Å². The second-order valence-corrected chi connectivity index (χ2v) is 4.52. The van der Waals surface area contributed by atoms with Crippen LogP contribution in [0.2, 0.25) is 0 Å². The summed E-state index contributed by atoms with van der Waals surface area (Å²) >= 11 is 0. The number of amides is 1. The van der Waals surface area contributed by atoms with Crippen LogP contribution in [0.5, 0.6) is 0 Å². The molecule has 2 rings (SSSR count). The monoisotopic (exact) mass is 252 g/mol. The summed E-state index contributed by atoms with van der Waals surface area (Å²) in [5.74, 6) is -0.585. The number of halogens is 1. The number of hydrogen-bond donors (Lipinski definition) is 2. The van der Waals surface area contributed by atoms with Gasteiger partial charge in [-0.05, 0) is 38.1 Å². The van der Waals surface area contributed by atoms with E-state index in [1.807, 2.05) is 6.92 Å². The van der Waals surface area contributed by atoms with Crippen molar-refractivity contribution in [2.75, 3.05) is 18.1 Å². The van der Waals surface area contributed by atoms with Crippen LogP contribution in [0.4, 0.5) is 10.1 Å². The van der Waals surface area contributed by atoms with Gasteiger partial charge in [0.05, 0.1) is 6.61 Å². The largest absolute Gasteiger partial charge is 0.394 e. The Labute approximate surface area is 105 Å². The van der Waals surface area contributed by atoms with Gasteiger partial charge in [0.2, 0.25) is 5.91 Å². The Morgan fingerprint density at radius 1 is 1.56 bits per heavy atom. The highest BCUT2D eigenvalue weighted by molar-refractivity contribution is 5.98. The number of anilines is 1. The molecular formula is C13H17FN2O2. The van der Waals surface area contributed by atoms with E-state index in [-0.39, 0.29) is 24.4 Å². The van der Waals surface area contributed by atoms with Crippen LogP contribution in [0, 0.1) is 5.82 Å². The standard InChI is InChI=1S/C13H17FN2O2/c1-9-5-6-15-12(8-17)13(18)16(9)11-4-2-3-10(14)7-11/h2-4,7,9,12,15,17H,5-6,8H2,1H3.